The second-order valence-corrected chi connectivity index (χ2v) is 7.63. The Labute approximate surface area is 172 Å². The van der Waals surface area contributed by atoms with Crippen LogP contribution in [-0.4, -0.2) is 52.6 Å². The summed E-state index contributed by atoms with van der Waals surface area (Å²) in [5.74, 6) is 0.589. The highest BCUT2D eigenvalue weighted by atomic mass is 16.5. The molecule has 0 aliphatic carbocycles. The number of nitrogens with zero attached hydrogens (tertiary/aromatic N) is 4. The zero-order valence-corrected chi connectivity index (χ0v) is 17.9. The molecule has 0 N–H and O–H groups in total. The van der Waals surface area contributed by atoms with Gasteiger partial charge in [0.05, 0.1) is 25.3 Å². The first-order valence-electron chi connectivity index (χ1n) is 10.0. The van der Waals surface area contributed by atoms with Crippen molar-refractivity contribution in [1.29, 1.82) is 0 Å². The van der Waals surface area contributed by atoms with Gasteiger partial charge >= 0.3 is 0 Å². The number of aromatic nitrogens is 2. The maximum absolute atomic E-state index is 13.4. The first-order valence-corrected chi connectivity index (χ1v) is 10.0. The molecule has 1 aliphatic rings. The molecule has 0 unspecified atom stereocenters. The molecule has 0 bridgehead atoms. The summed E-state index contributed by atoms with van der Waals surface area (Å²) >= 11 is 0. The van der Waals surface area contributed by atoms with Crippen molar-refractivity contribution < 1.29 is 14.3 Å². The van der Waals surface area contributed by atoms with Crippen LogP contribution in [0.4, 0.5) is 0 Å². The molecule has 1 saturated heterocycles. The Morgan fingerprint density at radius 2 is 2.00 bits per heavy atom. The van der Waals surface area contributed by atoms with Crippen LogP contribution in [0.5, 0.6) is 5.75 Å². The minimum Gasteiger partial charge on any atom is -0.497 e. The molecule has 7 nitrogen and oxygen atoms in total. The lowest BCUT2D eigenvalue weighted by Gasteiger charge is -2.40. The van der Waals surface area contributed by atoms with Crippen LogP contribution >= 0.6 is 0 Å². The summed E-state index contributed by atoms with van der Waals surface area (Å²) in [6.07, 6.45) is 2.77. The SMILES string of the molecule is CCn1ncc(CN(C)C(=O)[C@@H]2CCC(=O)N(C)[C@H]2c2ccc(OC)cc2)c1C. The first kappa shape index (κ1) is 20.9. The molecule has 3 rings (SSSR count). The number of carbonyl (C=O) groups excluding carboxylic acids is 2. The molecule has 1 aromatic heterocycles. The largest absolute Gasteiger partial charge is 0.497 e. The highest BCUT2D eigenvalue weighted by Gasteiger charge is 2.40. The minimum absolute atomic E-state index is 0.0498. The number of hydrogen-bond donors (Lipinski definition) is 0. The Hall–Kier alpha value is -2.83. The number of likely N-dealkylation sites (tertiary alicyclic amines) is 1. The number of methoxy groups -OCH3 is 1. The number of amides is 2. The molecule has 2 aromatic rings. The van der Waals surface area contributed by atoms with Crippen LogP contribution in [0.25, 0.3) is 0 Å². The van der Waals surface area contributed by atoms with Gasteiger partial charge in [0, 0.05) is 44.9 Å². The fourth-order valence-electron chi connectivity index (χ4n) is 4.13. The summed E-state index contributed by atoms with van der Waals surface area (Å²) in [6, 6.07) is 7.34. The van der Waals surface area contributed by atoms with Crippen molar-refractivity contribution in [2.75, 3.05) is 21.2 Å². The van der Waals surface area contributed by atoms with Crippen LogP contribution in [0.3, 0.4) is 0 Å². The molecule has 1 fully saturated rings. The first-order chi connectivity index (χ1) is 13.9. The standard InChI is InChI=1S/C22H30N4O3/c1-6-26-15(2)17(13-23-26)14-24(3)22(28)19-11-12-20(27)25(4)21(19)16-7-9-18(29-5)10-8-16/h7-10,13,19,21H,6,11-12,14H2,1-5H3/t19-,21+/m1/s1. The van der Waals surface area contributed by atoms with Gasteiger partial charge < -0.3 is 14.5 Å². The lowest BCUT2D eigenvalue weighted by Crippen LogP contribution is -2.46. The summed E-state index contributed by atoms with van der Waals surface area (Å²) in [5.41, 5.74) is 3.07. The number of piperidine rings is 1. The van der Waals surface area contributed by atoms with Crippen molar-refractivity contribution in [1.82, 2.24) is 19.6 Å². The third kappa shape index (κ3) is 4.13. The van der Waals surface area contributed by atoms with Crippen LogP contribution < -0.4 is 4.74 Å². The smallest absolute Gasteiger partial charge is 0.228 e. The summed E-state index contributed by atoms with van der Waals surface area (Å²) in [5, 5.41) is 4.37. The van der Waals surface area contributed by atoms with Gasteiger partial charge in [0.1, 0.15) is 5.75 Å². The molecule has 0 radical (unpaired) electrons. The molecular formula is C22H30N4O3. The fourth-order valence-corrected chi connectivity index (χ4v) is 4.13. The zero-order chi connectivity index (χ0) is 21.1. The van der Waals surface area contributed by atoms with E-state index in [4.69, 9.17) is 4.74 Å². The van der Waals surface area contributed by atoms with Gasteiger partial charge in [0.15, 0.2) is 0 Å². The van der Waals surface area contributed by atoms with Crippen molar-refractivity contribution in [3.05, 3.63) is 47.3 Å². The Morgan fingerprint density at radius 3 is 2.59 bits per heavy atom. The second kappa shape index (κ2) is 8.68. The minimum atomic E-state index is -0.281. The van der Waals surface area contributed by atoms with E-state index < -0.39 is 0 Å². The molecule has 1 aromatic carbocycles. The van der Waals surface area contributed by atoms with E-state index in [2.05, 4.69) is 5.10 Å². The van der Waals surface area contributed by atoms with Crippen LogP contribution in [0.2, 0.25) is 0 Å². The number of ether oxygens (including phenoxy) is 1. The number of benzene rings is 1. The predicted octanol–water partition coefficient (Wildman–Crippen LogP) is 2.79. The van der Waals surface area contributed by atoms with E-state index in [1.54, 1.807) is 24.0 Å². The van der Waals surface area contributed by atoms with E-state index in [1.807, 2.05) is 56.0 Å². The number of rotatable bonds is 6. The zero-order valence-electron chi connectivity index (χ0n) is 17.9. The van der Waals surface area contributed by atoms with E-state index in [0.717, 1.165) is 29.1 Å². The maximum Gasteiger partial charge on any atom is 0.228 e. The number of carbonyl (C=O) groups is 2. The van der Waals surface area contributed by atoms with Gasteiger partial charge in [0.2, 0.25) is 11.8 Å². The van der Waals surface area contributed by atoms with Gasteiger partial charge in [-0.3, -0.25) is 14.3 Å². The van der Waals surface area contributed by atoms with Gasteiger partial charge in [0.25, 0.3) is 0 Å². The van der Waals surface area contributed by atoms with Gasteiger partial charge in [-0.2, -0.15) is 5.10 Å². The van der Waals surface area contributed by atoms with Crippen molar-refractivity contribution in [2.24, 2.45) is 5.92 Å². The van der Waals surface area contributed by atoms with Crippen molar-refractivity contribution in [2.45, 2.75) is 45.8 Å². The predicted molar refractivity (Wildman–Crippen MR) is 110 cm³/mol. The van der Waals surface area contributed by atoms with Crippen LogP contribution in [-0.2, 0) is 22.7 Å². The fraction of sp³-hybridized carbons (Fsp3) is 0.500. The molecule has 0 spiro atoms. The van der Waals surface area contributed by atoms with E-state index >= 15 is 0 Å². The van der Waals surface area contributed by atoms with Gasteiger partial charge in [-0.05, 0) is 38.0 Å². The molecule has 29 heavy (non-hydrogen) atoms. The van der Waals surface area contributed by atoms with E-state index in [1.165, 1.54) is 0 Å². The molecular weight excluding hydrogens is 368 g/mol. The summed E-state index contributed by atoms with van der Waals surface area (Å²) < 4.78 is 7.17. The average Bonchev–Trinajstić information content (AvgIpc) is 3.08. The second-order valence-electron chi connectivity index (χ2n) is 7.63. The van der Waals surface area contributed by atoms with Gasteiger partial charge in [-0.15, -0.1) is 0 Å². The van der Waals surface area contributed by atoms with Crippen molar-refractivity contribution in [3.63, 3.8) is 0 Å². The average molecular weight is 399 g/mol. The van der Waals surface area contributed by atoms with Gasteiger partial charge in [-0.1, -0.05) is 12.1 Å². The van der Waals surface area contributed by atoms with Crippen molar-refractivity contribution >= 4 is 11.8 Å². The lowest BCUT2D eigenvalue weighted by molar-refractivity contribution is -0.146. The molecule has 0 saturated carbocycles. The third-order valence-electron chi connectivity index (χ3n) is 5.92. The molecule has 2 atom stereocenters. The van der Waals surface area contributed by atoms with Gasteiger partial charge in [-0.25, -0.2) is 0 Å². The van der Waals surface area contributed by atoms with Crippen LogP contribution in [0, 0.1) is 12.8 Å². The Morgan fingerprint density at radius 1 is 1.31 bits per heavy atom. The highest BCUT2D eigenvalue weighted by molar-refractivity contribution is 5.84. The lowest BCUT2D eigenvalue weighted by atomic mass is 9.83. The Bertz CT molecular complexity index is 875. The molecule has 2 heterocycles. The van der Waals surface area contributed by atoms with Crippen molar-refractivity contribution in [3.8, 4) is 5.75 Å². The van der Waals surface area contributed by atoms with E-state index in [9.17, 15) is 9.59 Å². The molecule has 1 aliphatic heterocycles. The summed E-state index contributed by atoms with van der Waals surface area (Å²) in [4.78, 5) is 29.2. The highest BCUT2D eigenvalue weighted by Crippen LogP contribution is 2.37. The van der Waals surface area contributed by atoms with Crippen LogP contribution in [0.1, 0.15) is 42.6 Å². The normalized spacial score (nSPS) is 19.3. The molecule has 2 amide bonds. The maximum atomic E-state index is 13.4. The topological polar surface area (TPSA) is 67.7 Å². The third-order valence-corrected chi connectivity index (χ3v) is 5.92. The number of aryl methyl sites for hydroxylation is 1. The quantitative estimate of drug-likeness (QED) is 0.750. The van der Waals surface area contributed by atoms with E-state index in [-0.39, 0.29) is 23.8 Å². The van der Waals surface area contributed by atoms with E-state index in [0.29, 0.717) is 19.4 Å². The summed E-state index contributed by atoms with van der Waals surface area (Å²) in [6.45, 7) is 5.39. The summed E-state index contributed by atoms with van der Waals surface area (Å²) in [7, 11) is 5.23. The molecule has 156 valence electrons. The Kier molecular flexibility index (Phi) is 6.25. The Balaban J connectivity index is 1.83. The number of hydrogen-bond acceptors (Lipinski definition) is 4. The monoisotopic (exact) mass is 398 g/mol. The molecule has 7 heteroatoms. The van der Waals surface area contributed by atoms with Crippen LogP contribution in [0.15, 0.2) is 30.5 Å².